The highest BCUT2D eigenvalue weighted by Crippen LogP contribution is 2.21. The van der Waals surface area contributed by atoms with Crippen molar-refractivity contribution in [1.29, 1.82) is 0 Å². The van der Waals surface area contributed by atoms with E-state index >= 15 is 0 Å². The lowest BCUT2D eigenvalue weighted by Crippen LogP contribution is -2.20. The Hall–Kier alpha value is -2.58. The third-order valence-electron chi connectivity index (χ3n) is 4.38. The molecule has 0 saturated heterocycles. The highest BCUT2D eigenvalue weighted by Gasteiger charge is 2.10. The summed E-state index contributed by atoms with van der Waals surface area (Å²) in [6.07, 6.45) is 3.58. The molecule has 0 aliphatic heterocycles. The van der Waals surface area contributed by atoms with Crippen LogP contribution in [0.2, 0.25) is 15.1 Å². The summed E-state index contributed by atoms with van der Waals surface area (Å²) in [7, 11) is 0. The van der Waals surface area contributed by atoms with E-state index in [9.17, 15) is 0 Å². The fourth-order valence-corrected chi connectivity index (χ4v) is 3.63. The van der Waals surface area contributed by atoms with E-state index in [1.807, 2.05) is 60.8 Å². The number of hydrogen-bond acceptors (Lipinski definition) is 3. The lowest BCUT2D eigenvalue weighted by atomic mass is 10.2. The Kier molecular flexibility index (Phi) is 6.77. The molecule has 0 aliphatic rings. The SMILES string of the molecule is S=C(Nc1ccn(Cc2ccccc2Cl)n1)Nc1nn(Cc2ccc(Cl)cc2)cc1Cl. The molecule has 0 fully saturated rings. The molecule has 6 nitrogen and oxygen atoms in total. The van der Waals surface area contributed by atoms with Crippen LogP contribution in [0.4, 0.5) is 11.6 Å². The fraction of sp³-hybridized carbons (Fsp3) is 0.0952. The van der Waals surface area contributed by atoms with Gasteiger partial charge in [-0.2, -0.15) is 10.2 Å². The van der Waals surface area contributed by atoms with E-state index < -0.39 is 0 Å². The number of rotatable bonds is 6. The third-order valence-corrected chi connectivity index (χ3v) is 5.48. The molecular weight excluding hydrogens is 475 g/mol. The van der Waals surface area contributed by atoms with E-state index in [4.69, 9.17) is 47.0 Å². The van der Waals surface area contributed by atoms with Gasteiger partial charge in [0.05, 0.1) is 13.1 Å². The van der Waals surface area contributed by atoms with Crippen LogP contribution in [-0.4, -0.2) is 24.7 Å². The van der Waals surface area contributed by atoms with Crippen LogP contribution in [0.25, 0.3) is 0 Å². The molecular formula is C21H17Cl3N6S. The van der Waals surface area contributed by atoms with E-state index in [1.165, 1.54) is 0 Å². The number of anilines is 2. The van der Waals surface area contributed by atoms with Crippen LogP contribution < -0.4 is 10.6 Å². The van der Waals surface area contributed by atoms with E-state index in [2.05, 4.69) is 20.8 Å². The molecule has 4 rings (SSSR count). The fourth-order valence-electron chi connectivity index (χ4n) is 2.91. The number of benzene rings is 2. The highest BCUT2D eigenvalue weighted by atomic mass is 35.5. The van der Waals surface area contributed by atoms with Gasteiger partial charge in [0.15, 0.2) is 16.7 Å². The average Bonchev–Trinajstić information content (AvgIpc) is 3.31. The molecule has 0 aliphatic carbocycles. The molecule has 31 heavy (non-hydrogen) atoms. The second-order valence-corrected chi connectivity index (χ2v) is 8.38. The summed E-state index contributed by atoms with van der Waals surface area (Å²) in [5.41, 5.74) is 2.04. The van der Waals surface area contributed by atoms with Gasteiger partial charge in [0.1, 0.15) is 5.02 Å². The molecule has 0 saturated carbocycles. The van der Waals surface area contributed by atoms with Gasteiger partial charge in [-0.15, -0.1) is 0 Å². The number of hydrogen-bond donors (Lipinski definition) is 2. The standard InChI is InChI=1S/C21H17Cl3N6S/c22-16-7-5-14(6-8-16)11-30-13-18(24)20(28-30)26-21(31)25-19-9-10-29(27-19)12-15-3-1-2-4-17(15)23/h1-10,13H,11-12H2,(H2,25,26,27,28,31). The number of halogens is 3. The molecule has 0 unspecified atom stereocenters. The third kappa shape index (κ3) is 5.77. The van der Waals surface area contributed by atoms with Gasteiger partial charge in [0.25, 0.3) is 0 Å². The van der Waals surface area contributed by atoms with Crippen molar-refractivity contribution in [2.24, 2.45) is 0 Å². The summed E-state index contributed by atoms with van der Waals surface area (Å²) < 4.78 is 3.51. The Labute approximate surface area is 199 Å². The summed E-state index contributed by atoms with van der Waals surface area (Å²) in [4.78, 5) is 0. The van der Waals surface area contributed by atoms with Crippen molar-refractivity contribution in [3.63, 3.8) is 0 Å². The monoisotopic (exact) mass is 490 g/mol. The van der Waals surface area contributed by atoms with Gasteiger partial charge >= 0.3 is 0 Å². The predicted octanol–water partition coefficient (Wildman–Crippen LogP) is 5.95. The van der Waals surface area contributed by atoms with Gasteiger partial charge in [-0.05, 0) is 41.5 Å². The summed E-state index contributed by atoms with van der Waals surface area (Å²) >= 11 is 23.8. The van der Waals surface area contributed by atoms with Crippen molar-refractivity contribution in [3.05, 3.63) is 93.2 Å². The number of thiocarbonyl (C=S) groups is 1. The maximum absolute atomic E-state index is 6.31. The first-order chi connectivity index (χ1) is 15.0. The van der Waals surface area contributed by atoms with E-state index in [1.54, 1.807) is 15.6 Å². The van der Waals surface area contributed by atoms with E-state index in [-0.39, 0.29) is 0 Å². The Morgan fingerprint density at radius 3 is 2.39 bits per heavy atom. The largest absolute Gasteiger partial charge is 0.316 e. The van der Waals surface area contributed by atoms with Gasteiger partial charge < -0.3 is 10.6 Å². The molecule has 10 heteroatoms. The molecule has 158 valence electrons. The van der Waals surface area contributed by atoms with Crippen LogP contribution in [0.15, 0.2) is 67.0 Å². The summed E-state index contributed by atoms with van der Waals surface area (Å²) in [6, 6.07) is 17.0. The molecule has 0 amide bonds. The maximum atomic E-state index is 6.31. The van der Waals surface area contributed by atoms with Crippen LogP contribution in [0, 0.1) is 0 Å². The van der Waals surface area contributed by atoms with Crippen LogP contribution in [-0.2, 0) is 13.1 Å². The van der Waals surface area contributed by atoms with Crippen LogP contribution in [0.1, 0.15) is 11.1 Å². The zero-order valence-corrected chi connectivity index (χ0v) is 19.2. The van der Waals surface area contributed by atoms with Crippen molar-refractivity contribution in [2.75, 3.05) is 10.6 Å². The Balaban J connectivity index is 1.36. The minimum absolute atomic E-state index is 0.335. The normalized spacial score (nSPS) is 10.8. The van der Waals surface area contributed by atoms with E-state index in [0.717, 1.165) is 11.1 Å². The zero-order valence-electron chi connectivity index (χ0n) is 16.1. The molecule has 2 heterocycles. The number of aromatic nitrogens is 4. The Bertz CT molecular complexity index is 1200. The molecule has 0 spiro atoms. The average molecular weight is 492 g/mol. The predicted molar refractivity (Wildman–Crippen MR) is 130 cm³/mol. The summed E-state index contributed by atoms with van der Waals surface area (Å²) in [5.74, 6) is 1.06. The van der Waals surface area contributed by atoms with E-state index in [0.29, 0.717) is 44.9 Å². The van der Waals surface area contributed by atoms with Crippen LogP contribution in [0.3, 0.4) is 0 Å². The molecule has 4 aromatic rings. The van der Waals surface area contributed by atoms with Gasteiger partial charge in [0, 0.05) is 28.5 Å². The lowest BCUT2D eigenvalue weighted by Gasteiger charge is -2.07. The highest BCUT2D eigenvalue weighted by molar-refractivity contribution is 7.80. The molecule has 2 aromatic heterocycles. The van der Waals surface area contributed by atoms with Crippen molar-refractivity contribution in [1.82, 2.24) is 19.6 Å². The first kappa shape index (κ1) is 21.6. The second kappa shape index (κ2) is 9.70. The van der Waals surface area contributed by atoms with Crippen LogP contribution >= 0.6 is 47.0 Å². The van der Waals surface area contributed by atoms with Gasteiger partial charge in [-0.25, -0.2) is 0 Å². The smallest absolute Gasteiger partial charge is 0.177 e. The van der Waals surface area contributed by atoms with Crippen molar-refractivity contribution >= 4 is 63.8 Å². The number of nitrogens with one attached hydrogen (secondary N) is 2. The maximum Gasteiger partial charge on any atom is 0.177 e. The molecule has 2 N–H and O–H groups in total. The summed E-state index contributed by atoms with van der Waals surface area (Å²) in [6.45, 7) is 1.12. The van der Waals surface area contributed by atoms with Gasteiger partial charge in [0.2, 0.25) is 0 Å². The minimum atomic E-state index is 0.335. The molecule has 0 radical (unpaired) electrons. The first-order valence-corrected chi connectivity index (χ1v) is 10.8. The zero-order chi connectivity index (χ0) is 21.8. The van der Waals surface area contributed by atoms with Crippen molar-refractivity contribution in [2.45, 2.75) is 13.1 Å². The molecule has 2 aromatic carbocycles. The van der Waals surface area contributed by atoms with Gasteiger partial charge in [-0.1, -0.05) is 65.1 Å². The Morgan fingerprint density at radius 1 is 0.839 bits per heavy atom. The topological polar surface area (TPSA) is 59.7 Å². The van der Waals surface area contributed by atoms with Crippen molar-refractivity contribution in [3.8, 4) is 0 Å². The second-order valence-electron chi connectivity index (χ2n) is 6.72. The summed E-state index contributed by atoms with van der Waals surface area (Å²) in [5, 5.41) is 17.2. The quantitative estimate of drug-likeness (QED) is 0.327. The molecule has 0 bridgehead atoms. The molecule has 0 atom stereocenters. The van der Waals surface area contributed by atoms with Crippen molar-refractivity contribution < 1.29 is 0 Å². The minimum Gasteiger partial charge on any atom is -0.316 e. The lowest BCUT2D eigenvalue weighted by molar-refractivity contribution is 0.689. The van der Waals surface area contributed by atoms with Crippen LogP contribution in [0.5, 0.6) is 0 Å². The Morgan fingerprint density at radius 2 is 1.61 bits per heavy atom. The number of nitrogens with zero attached hydrogens (tertiary/aromatic N) is 4. The first-order valence-electron chi connectivity index (χ1n) is 9.28. The van der Waals surface area contributed by atoms with Gasteiger partial charge in [-0.3, -0.25) is 9.36 Å².